The predicted molar refractivity (Wildman–Crippen MR) is 90.7 cm³/mol. The van der Waals surface area contributed by atoms with Crippen molar-refractivity contribution in [3.8, 4) is 0 Å². The summed E-state index contributed by atoms with van der Waals surface area (Å²) in [7, 11) is 0. The number of hydrogen-bond acceptors (Lipinski definition) is 13. The van der Waals surface area contributed by atoms with E-state index >= 15 is 0 Å². The lowest BCUT2D eigenvalue weighted by atomic mass is 10.4. The second-order valence-electron chi connectivity index (χ2n) is 4.15. The Morgan fingerprint density at radius 2 is 0.957 bits per heavy atom. The molecule has 11 nitrogen and oxygen atoms in total. The third kappa shape index (κ3) is 6.25. The molecule has 0 aliphatic rings. The van der Waals surface area contributed by atoms with Gasteiger partial charge in [0.25, 0.3) is 0 Å². The highest BCUT2D eigenvalue weighted by atomic mass is 32.2. The van der Waals surface area contributed by atoms with Crippen LogP contribution in [0.3, 0.4) is 0 Å². The number of anilines is 4. The summed E-state index contributed by atoms with van der Waals surface area (Å²) >= 11 is 2.56. The van der Waals surface area contributed by atoms with Crippen LogP contribution in [0.25, 0.3) is 0 Å². The topological polar surface area (TPSA) is 191 Å². The zero-order valence-corrected chi connectivity index (χ0v) is 13.7. The van der Waals surface area contributed by atoms with Gasteiger partial charge in [-0.1, -0.05) is 0 Å². The van der Waals surface area contributed by atoms with Gasteiger partial charge in [0.15, 0.2) is 0 Å². The summed E-state index contributed by atoms with van der Waals surface area (Å²) in [6.07, 6.45) is 1.14. The Bertz CT molecular complexity index is 562. The molecule has 0 radical (unpaired) electrons. The first-order valence-electron chi connectivity index (χ1n) is 6.46. The molecule has 0 amide bonds. The van der Waals surface area contributed by atoms with Crippen molar-refractivity contribution in [1.29, 1.82) is 0 Å². The van der Waals surface area contributed by atoms with Gasteiger partial charge in [-0.05, 0) is 0 Å². The first kappa shape index (κ1) is 17.2. The molecule has 2 aromatic heterocycles. The fraction of sp³-hybridized carbons (Fsp3) is 0.400. The summed E-state index contributed by atoms with van der Waals surface area (Å²) in [5, 5.41) is 0. The van der Waals surface area contributed by atoms with Crippen LogP contribution >= 0.6 is 24.1 Å². The van der Waals surface area contributed by atoms with Gasteiger partial charge in [-0.25, -0.2) is 3.63 Å². The summed E-state index contributed by atoms with van der Waals surface area (Å²) in [5.74, 6) is 2.84. The molecule has 13 heteroatoms. The quantitative estimate of drug-likeness (QED) is 0.349. The van der Waals surface area contributed by atoms with Gasteiger partial charge in [0.2, 0.25) is 23.8 Å². The smallest absolute Gasteiger partial charge is 0.225 e. The summed E-state index contributed by atoms with van der Waals surface area (Å²) in [5.41, 5.74) is 21.9. The van der Waals surface area contributed by atoms with E-state index in [4.69, 9.17) is 26.6 Å². The highest BCUT2D eigenvalue weighted by Gasteiger charge is 2.04. The first-order chi connectivity index (χ1) is 11.0. The van der Waals surface area contributed by atoms with Gasteiger partial charge in [0, 0.05) is 48.4 Å². The van der Waals surface area contributed by atoms with E-state index in [1.165, 1.54) is 24.1 Å². The number of aromatic nitrogens is 6. The zero-order valence-electron chi connectivity index (χ0n) is 12.0. The summed E-state index contributed by atoms with van der Waals surface area (Å²) in [6, 6.07) is 0. The van der Waals surface area contributed by atoms with Gasteiger partial charge in [-0.2, -0.15) is 29.9 Å². The Kier molecular flexibility index (Phi) is 6.37. The molecule has 0 aliphatic heterocycles. The van der Waals surface area contributed by atoms with E-state index in [-0.39, 0.29) is 23.8 Å². The van der Waals surface area contributed by atoms with Gasteiger partial charge in [-0.15, -0.1) is 0 Å². The molecule has 0 saturated carbocycles. The van der Waals surface area contributed by atoms with E-state index in [0.29, 0.717) is 36.0 Å². The molecule has 2 aromatic rings. The van der Waals surface area contributed by atoms with Crippen molar-refractivity contribution in [3.63, 3.8) is 0 Å². The maximum absolute atomic E-state index is 5.49. The Balaban J connectivity index is 1.60. The fourth-order valence-corrected chi connectivity index (χ4v) is 2.85. The van der Waals surface area contributed by atoms with Crippen molar-refractivity contribution >= 4 is 47.9 Å². The largest absolute Gasteiger partial charge is 0.368 e. The zero-order chi connectivity index (χ0) is 16.7. The Hall–Kier alpha value is -2.12. The normalized spacial score (nSPS) is 10.8. The van der Waals surface area contributed by atoms with Crippen LogP contribution in [0.1, 0.15) is 11.6 Å². The molecule has 0 saturated heterocycles. The number of nitrogens with two attached hydrogens (primary N) is 4. The third-order valence-corrected chi connectivity index (χ3v) is 3.86. The first-order valence-corrected chi connectivity index (χ1v) is 8.28. The van der Waals surface area contributed by atoms with E-state index < -0.39 is 0 Å². The number of nitrogens with zero attached hydrogens (tertiary/aromatic N) is 6. The minimum Gasteiger partial charge on any atom is -0.368 e. The maximum Gasteiger partial charge on any atom is 0.225 e. The average Bonchev–Trinajstić information content (AvgIpc) is 2.44. The standard InChI is InChI=1S/C10H16N10OS2/c11-7-15-5(16-8(12)19-7)1-3-22-21-23-4-2-6-17-9(13)20-10(14)18-6/h1-4H2,(H4,11,12,15,16,19)(H4,13,14,17,18,20). The highest BCUT2D eigenvalue weighted by molar-refractivity contribution is 8.07. The molecule has 0 aliphatic carbocycles. The van der Waals surface area contributed by atoms with Crippen molar-refractivity contribution in [3.05, 3.63) is 11.6 Å². The van der Waals surface area contributed by atoms with Crippen LogP contribution in [0.4, 0.5) is 23.8 Å². The van der Waals surface area contributed by atoms with E-state index in [1.54, 1.807) is 0 Å². The SMILES string of the molecule is Nc1nc(N)nc(CCSOSCCc2nc(N)nc(N)n2)n1. The van der Waals surface area contributed by atoms with Crippen LogP contribution in [0.15, 0.2) is 0 Å². The number of rotatable bonds is 8. The van der Waals surface area contributed by atoms with Crippen molar-refractivity contribution in [1.82, 2.24) is 29.9 Å². The average molecular weight is 356 g/mol. The lowest BCUT2D eigenvalue weighted by Gasteiger charge is -2.03. The van der Waals surface area contributed by atoms with Crippen LogP contribution in [0.5, 0.6) is 0 Å². The van der Waals surface area contributed by atoms with Crippen LogP contribution < -0.4 is 22.9 Å². The lowest BCUT2D eigenvalue weighted by Crippen LogP contribution is -2.07. The molecule has 23 heavy (non-hydrogen) atoms. The van der Waals surface area contributed by atoms with Crippen LogP contribution in [-0.2, 0) is 16.5 Å². The predicted octanol–water partition coefficient (Wildman–Crippen LogP) is -0.516. The summed E-state index contributed by atoms with van der Waals surface area (Å²) in [6.45, 7) is 0. The van der Waals surface area contributed by atoms with E-state index in [9.17, 15) is 0 Å². The third-order valence-electron chi connectivity index (χ3n) is 2.35. The minimum atomic E-state index is 0.115. The number of nitrogen functional groups attached to an aromatic ring is 4. The van der Waals surface area contributed by atoms with Gasteiger partial charge in [0.05, 0.1) is 0 Å². The molecule has 0 fully saturated rings. The van der Waals surface area contributed by atoms with Crippen LogP contribution in [0.2, 0.25) is 0 Å². The Morgan fingerprint density at radius 3 is 1.30 bits per heavy atom. The monoisotopic (exact) mass is 356 g/mol. The lowest BCUT2D eigenvalue weighted by molar-refractivity contribution is 0.748. The molecule has 0 unspecified atom stereocenters. The molecule has 0 atom stereocenters. The van der Waals surface area contributed by atoms with Crippen molar-refractivity contribution in [2.45, 2.75) is 12.8 Å². The molecule has 0 spiro atoms. The second kappa shape index (κ2) is 8.50. The Labute approximate surface area is 140 Å². The fourth-order valence-electron chi connectivity index (χ4n) is 1.51. The molecule has 124 valence electrons. The maximum atomic E-state index is 5.49. The van der Waals surface area contributed by atoms with Gasteiger partial charge in [0.1, 0.15) is 11.6 Å². The van der Waals surface area contributed by atoms with Crippen LogP contribution in [-0.4, -0.2) is 41.4 Å². The summed E-state index contributed by atoms with van der Waals surface area (Å²) in [4.78, 5) is 23.3. The van der Waals surface area contributed by atoms with Crippen molar-refractivity contribution < 1.29 is 3.63 Å². The Morgan fingerprint density at radius 1 is 0.609 bits per heavy atom. The number of aryl methyl sites for hydroxylation is 2. The molecule has 0 aromatic carbocycles. The van der Waals surface area contributed by atoms with Gasteiger partial charge < -0.3 is 22.9 Å². The van der Waals surface area contributed by atoms with E-state index in [1.807, 2.05) is 0 Å². The van der Waals surface area contributed by atoms with E-state index in [0.717, 1.165) is 0 Å². The van der Waals surface area contributed by atoms with Crippen molar-refractivity contribution in [2.24, 2.45) is 0 Å². The van der Waals surface area contributed by atoms with E-state index in [2.05, 4.69) is 29.9 Å². The highest BCUT2D eigenvalue weighted by Crippen LogP contribution is 2.17. The van der Waals surface area contributed by atoms with Crippen molar-refractivity contribution in [2.75, 3.05) is 34.4 Å². The molecule has 2 rings (SSSR count). The molecular weight excluding hydrogens is 340 g/mol. The molecule has 8 N–H and O–H groups in total. The summed E-state index contributed by atoms with van der Waals surface area (Å²) < 4.78 is 5.36. The van der Waals surface area contributed by atoms with Gasteiger partial charge in [-0.3, -0.25) is 0 Å². The second-order valence-corrected chi connectivity index (χ2v) is 5.98. The van der Waals surface area contributed by atoms with Crippen LogP contribution in [0, 0.1) is 0 Å². The minimum absolute atomic E-state index is 0.115. The molecular formula is C10H16N10OS2. The van der Waals surface area contributed by atoms with Gasteiger partial charge >= 0.3 is 0 Å². The molecule has 2 heterocycles. The molecule has 0 bridgehead atoms. The number of hydrogen-bond donors (Lipinski definition) is 4.